The van der Waals surface area contributed by atoms with Crippen LogP contribution in [0, 0.1) is 5.92 Å². The fourth-order valence-corrected chi connectivity index (χ4v) is 1.98. The first-order chi connectivity index (χ1) is 6.75. The van der Waals surface area contributed by atoms with Gasteiger partial charge in [0.1, 0.15) is 5.75 Å². The Balaban J connectivity index is 1.83. The zero-order valence-corrected chi connectivity index (χ0v) is 8.53. The molecule has 0 radical (unpaired) electrons. The summed E-state index contributed by atoms with van der Waals surface area (Å²) in [5.74, 6) is 1.27. The Morgan fingerprint density at radius 1 is 1.36 bits per heavy atom. The Bertz CT molecular complexity index is 305. The van der Waals surface area contributed by atoms with E-state index in [2.05, 4.69) is 12.2 Å². The van der Waals surface area contributed by atoms with Crippen molar-refractivity contribution in [1.29, 1.82) is 0 Å². The molecular weight excluding hydrogens is 174 g/mol. The first-order valence-electron chi connectivity index (χ1n) is 5.26. The highest BCUT2D eigenvalue weighted by molar-refractivity contribution is 5.31. The number of para-hydroxylation sites is 1. The van der Waals surface area contributed by atoms with Crippen molar-refractivity contribution in [2.75, 3.05) is 0 Å². The maximum Gasteiger partial charge on any atom is 0.120 e. The second-order valence-electron chi connectivity index (χ2n) is 4.28. The molecule has 14 heavy (non-hydrogen) atoms. The van der Waals surface area contributed by atoms with Crippen molar-refractivity contribution in [2.45, 2.75) is 32.4 Å². The average molecular weight is 191 g/mol. The molecule has 1 aromatic carbocycles. The summed E-state index contributed by atoms with van der Waals surface area (Å²) in [5.41, 5.74) is 0.993. The molecule has 1 aromatic rings. The number of phenolic OH excluding ortho intramolecular Hbond substituents is 1. The van der Waals surface area contributed by atoms with E-state index < -0.39 is 0 Å². The molecule has 0 unspecified atom stereocenters. The molecule has 1 aliphatic rings. The summed E-state index contributed by atoms with van der Waals surface area (Å²) in [4.78, 5) is 0. The van der Waals surface area contributed by atoms with Gasteiger partial charge in [0, 0.05) is 18.2 Å². The summed E-state index contributed by atoms with van der Waals surface area (Å²) in [6, 6.07) is 8.17. The van der Waals surface area contributed by atoms with Crippen LogP contribution in [0.1, 0.15) is 25.3 Å². The molecule has 0 aromatic heterocycles. The summed E-state index contributed by atoms with van der Waals surface area (Å²) in [6.45, 7) is 3.06. The molecule has 0 atom stereocenters. The third-order valence-electron chi connectivity index (χ3n) is 2.95. The van der Waals surface area contributed by atoms with E-state index in [4.69, 9.17) is 0 Å². The Labute approximate surface area is 85.0 Å². The monoisotopic (exact) mass is 191 g/mol. The van der Waals surface area contributed by atoms with Gasteiger partial charge in [0.15, 0.2) is 0 Å². The van der Waals surface area contributed by atoms with Crippen molar-refractivity contribution < 1.29 is 5.11 Å². The van der Waals surface area contributed by atoms with Crippen molar-refractivity contribution in [3.63, 3.8) is 0 Å². The largest absolute Gasteiger partial charge is 0.508 e. The van der Waals surface area contributed by atoms with Crippen molar-refractivity contribution in [1.82, 2.24) is 5.32 Å². The third kappa shape index (κ3) is 2.07. The summed E-state index contributed by atoms with van der Waals surface area (Å²) in [6.07, 6.45) is 2.54. The van der Waals surface area contributed by atoms with Gasteiger partial charge in [-0.05, 0) is 24.8 Å². The van der Waals surface area contributed by atoms with Gasteiger partial charge in [-0.3, -0.25) is 0 Å². The normalized spacial score (nSPS) is 25.8. The average Bonchev–Trinajstić information content (AvgIpc) is 2.13. The van der Waals surface area contributed by atoms with Gasteiger partial charge in [0.25, 0.3) is 0 Å². The number of nitrogens with one attached hydrogen (secondary N) is 1. The number of aromatic hydroxyl groups is 1. The van der Waals surface area contributed by atoms with Crippen molar-refractivity contribution in [2.24, 2.45) is 5.92 Å². The van der Waals surface area contributed by atoms with Gasteiger partial charge in [-0.25, -0.2) is 0 Å². The molecule has 0 spiro atoms. The Hall–Kier alpha value is -1.02. The van der Waals surface area contributed by atoms with Crippen LogP contribution in [0.4, 0.5) is 0 Å². The lowest BCUT2D eigenvalue weighted by atomic mass is 9.82. The fraction of sp³-hybridized carbons (Fsp3) is 0.500. The molecule has 2 heteroatoms. The van der Waals surface area contributed by atoms with E-state index in [-0.39, 0.29) is 0 Å². The molecule has 2 rings (SSSR count). The van der Waals surface area contributed by atoms with E-state index in [1.54, 1.807) is 6.07 Å². The SMILES string of the molecule is CC1CC(NCc2ccccc2O)C1. The first-order valence-corrected chi connectivity index (χ1v) is 5.26. The molecule has 2 nitrogen and oxygen atoms in total. The minimum atomic E-state index is 0.396. The Morgan fingerprint density at radius 3 is 2.71 bits per heavy atom. The lowest BCUT2D eigenvalue weighted by Gasteiger charge is -2.33. The van der Waals surface area contributed by atoms with Crippen LogP contribution in [0.25, 0.3) is 0 Å². The summed E-state index contributed by atoms with van der Waals surface area (Å²) >= 11 is 0. The summed E-state index contributed by atoms with van der Waals surface area (Å²) in [5, 5.41) is 13.0. The van der Waals surface area contributed by atoms with Crippen molar-refractivity contribution >= 4 is 0 Å². The molecule has 0 bridgehead atoms. The number of rotatable bonds is 3. The van der Waals surface area contributed by atoms with Crippen LogP contribution in [0.15, 0.2) is 24.3 Å². The van der Waals surface area contributed by atoms with Crippen LogP contribution in [-0.2, 0) is 6.54 Å². The maximum absolute atomic E-state index is 9.53. The van der Waals surface area contributed by atoms with Crippen LogP contribution >= 0.6 is 0 Å². The molecule has 1 fully saturated rings. The van der Waals surface area contributed by atoms with Crippen LogP contribution in [-0.4, -0.2) is 11.1 Å². The zero-order chi connectivity index (χ0) is 9.97. The van der Waals surface area contributed by atoms with Gasteiger partial charge < -0.3 is 10.4 Å². The molecule has 0 aliphatic heterocycles. The predicted octanol–water partition coefficient (Wildman–Crippen LogP) is 2.28. The quantitative estimate of drug-likeness (QED) is 0.768. The van der Waals surface area contributed by atoms with E-state index >= 15 is 0 Å². The van der Waals surface area contributed by atoms with E-state index in [0.717, 1.165) is 18.0 Å². The molecule has 0 heterocycles. The summed E-state index contributed by atoms with van der Waals surface area (Å²) in [7, 11) is 0. The first kappa shape index (κ1) is 9.53. The van der Waals surface area contributed by atoms with Gasteiger partial charge in [-0.2, -0.15) is 0 Å². The van der Waals surface area contributed by atoms with Gasteiger partial charge in [0.05, 0.1) is 0 Å². The van der Waals surface area contributed by atoms with Gasteiger partial charge >= 0.3 is 0 Å². The smallest absolute Gasteiger partial charge is 0.120 e. The van der Waals surface area contributed by atoms with Gasteiger partial charge in [0.2, 0.25) is 0 Å². The highest BCUT2D eigenvalue weighted by atomic mass is 16.3. The Morgan fingerprint density at radius 2 is 2.07 bits per heavy atom. The fourth-order valence-electron chi connectivity index (χ4n) is 1.98. The predicted molar refractivity (Wildman–Crippen MR) is 57.1 cm³/mol. The van der Waals surface area contributed by atoms with Crippen LogP contribution in [0.5, 0.6) is 5.75 Å². The zero-order valence-electron chi connectivity index (χ0n) is 8.53. The number of phenols is 1. The van der Waals surface area contributed by atoms with E-state index in [1.165, 1.54) is 12.8 Å². The molecule has 1 aliphatic carbocycles. The van der Waals surface area contributed by atoms with E-state index in [0.29, 0.717) is 11.8 Å². The molecule has 2 N–H and O–H groups in total. The van der Waals surface area contributed by atoms with Crippen LogP contribution in [0.2, 0.25) is 0 Å². The molecule has 76 valence electrons. The number of hydrogen-bond donors (Lipinski definition) is 2. The lowest BCUT2D eigenvalue weighted by Crippen LogP contribution is -2.39. The summed E-state index contributed by atoms with van der Waals surface area (Å²) < 4.78 is 0. The van der Waals surface area contributed by atoms with Gasteiger partial charge in [-0.15, -0.1) is 0 Å². The van der Waals surface area contributed by atoms with Crippen LogP contribution < -0.4 is 5.32 Å². The Kier molecular flexibility index (Phi) is 2.73. The topological polar surface area (TPSA) is 32.3 Å². The number of hydrogen-bond acceptors (Lipinski definition) is 2. The maximum atomic E-state index is 9.53. The standard InChI is InChI=1S/C12H17NO/c1-9-6-11(7-9)13-8-10-4-2-3-5-12(10)14/h2-5,9,11,13-14H,6-8H2,1H3. The van der Waals surface area contributed by atoms with Crippen molar-refractivity contribution in [3.8, 4) is 5.75 Å². The number of benzene rings is 1. The van der Waals surface area contributed by atoms with E-state index in [1.807, 2.05) is 18.2 Å². The second-order valence-corrected chi connectivity index (χ2v) is 4.28. The highest BCUT2D eigenvalue weighted by Gasteiger charge is 2.24. The van der Waals surface area contributed by atoms with Crippen LogP contribution in [0.3, 0.4) is 0 Å². The molecule has 1 saturated carbocycles. The molecule has 0 saturated heterocycles. The molecular formula is C12H17NO. The minimum absolute atomic E-state index is 0.396. The van der Waals surface area contributed by atoms with E-state index in [9.17, 15) is 5.11 Å². The minimum Gasteiger partial charge on any atom is -0.508 e. The molecule has 0 amide bonds. The highest BCUT2D eigenvalue weighted by Crippen LogP contribution is 2.27. The van der Waals surface area contributed by atoms with Crippen molar-refractivity contribution in [3.05, 3.63) is 29.8 Å². The lowest BCUT2D eigenvalue weighted by molar-refractivity contribution is 0.239. The second kappa shape index (κ2) is 4.01. The van der Waals surface area contributed by atoms with Gasteiger partial charge in [-0.1, -0.05) is 25.1 Å². The third-order valence-corrected chi connectivity index (χ3v) is 2.95.